The molecule has 0 aromatic heterocycles. The Labute approximate surface area is 130 Å². The number of hydrogen-bond donors (Lipinski definition) is 1. The van der Waals surface area contributed by atoms with Crippen LogP contribution in [0.2, 0.25) is 0 Å². The zero-order valence-electron chi connectivity index (χ0n) is 13.0. The molecule has 1 amide bonds. The lowest BCUT2D eigenvalue weighted by molar-refractivity contribution is 0.0483. The SMILES string of the molecule is COc1cc(C(=O)N2C[C@H]3COC[C@@H]2CN(C)C3)ccc1O. The minimum atomic E-state index is -0.0332. The number of carbonyl (C=O) groups is 1. The number of rotatable bonds is 2. The van der Waals surface area contributed by atoms with E-state index in [4.69, 9.17) is 9.47 Å². The number of amides is 1. The first-order valence-corrected chi connectivity index (χ1v) is 7.52. The van der Waals surface area contributed by atoms with Gasteiger partial charge in [0.25, 0.3) is 5.91 Å². The van der Waals surface area contributed by atoms with Crippen LogP contribution in [0.4, 0.5) is 0 Å². The van der Waals surface area contributed by atoms with Crippen molar-refractivity contribution >= 4 is 5.91 Å². The van der Waals surface area contributed by atoms with Gasteiger partial charge < -0.3 is 24.4 Å². The van der Waals surface area contributed by atoms with Crippen molar-refractivity contribution in [2.45, 2.75) is 6.04 Å². The third-order valence-corrected chi connectivity index (χ3v) is 4.34. The highest BCUT2D eigenvalue weighted by Crippen LogP contribution is 2.28. The molecule has 2 atom stereocenters. The van der Waals surface area contributed by atoms with Crippen molar-refractivity contribution in [3.63, 3.8) is 0 Å². The molecule has 2 aliphatic rings. The van der Waals surface area contributed by atoms with Crippen molar-refractivity contribution in [2.24, 2.45) is 5.92 Å². The Morgan fingerprint density at radius 2 is 2.14 bits per heavy atom. The van der Waals surface area contributed by atoms with E-state index in [1.165, 1.54) is 13.2 Å². The number of ether oxygens (including phenoxy) is 2. The summed E-state index contributed by atoms with van der Waals surface area (Å²) >= 11 is 0. The van der Waals surface area contributed by atoms with Gasteiger partial charge in [0.1, 0.15) is 0 Å². The maximum absolute atomic E-state index is 12.9. The van der Waals surface area contributed by atoms with Crippen LogP contribution in [0.25, 0.3) is 0 Å². The summed E-state index contributed by atoms with van der Waals surface area (Å²) in [4.78, 5) is 17.1. The molecule has 2 saturated heterocycles. The van der Waals surface area contributed by atoms with E-state index < -0.39 is 0 Å². The fourth-order valence-corrected chi connectivity index (χ4v) is 3.30. The Bertz CT molecular complexity index is 563. The fraction of sp³-hybridized carbons (Fsp3) is 0.562. The second-order valence-electron chi connectivity index (χ2n) is 6.12. The van der Waals surface area contributed by atoms with Crippen LogP contribution in [-0.4, -0.2) is 73.9 Å². The monoisotopic (exact) mass is 306 g/mol. The van der Waals surface area contributed by atoms with Crippen LogP contribution in [0.3, 0.4) is 0 Å². The molecule has 3 rings (SSSR count). The number of nitrogens with zero attached hydrogens (tertiary/aromatic N) is 2. The van der Waals surface area contributed by atoms with Crippen molar-refractivity contribution in [3.8, 4) is 11.5 Å². The molecule has 0 radical (unpaired) electrons. The average molecular weight is 306 g/mol. The van der Waals surface area contributed by atoms with Crippen molar-refractivity contribution < 1.29 is 19.4 Å². The first-order valence-electron chi connectivity index (χ1n) is 7.52. The summed E-state index contributed by atoms with van der Waals surface area (Å²) in [6.07, 6.45) is 0. The van der Waals surface area contributed by atoms with E-state index in [0.29, 0.717) is 37.0 Å². The number of phenols is 1. The summed E-state index contributed by atoms with van der Waals surface area (Å²) in [5.74, 6) is 0.656. The molecule has 6 heteroatoms. The van der Waals surface area contributed by atoms with Gasteiger partial charge in [0.2, 0.25) is 0 Å². The molecule has 22 heavy (non-hydrogen) atoms. The molecule has 0 unspecified atom stereocenters. The van der Waals surface area contributed by atoms with Crippen LogP contribution in [0, 0.1) is 5.92 Å². The molecule has 120 valence electrons. The van der Waals surface area contributed by atoms with E-state index in [1.807, 2.05) is 4.90 Å². The highest BCUT2D eigenvalue weighted by Gasteiger charge is 2.35. The van der Waals surface area contributed by atoms with Gasteiger partial charge in [-0.1, -0.05) is 0 Å². The highest BCUT2D eigenvalue weighted by atomic mass is 16.5. The highest BCUT2D eigenvalue weighted by molar-refractivity contribution is 5.95. The van der Waals surface area contributed by atoms with Crippen LogP contribution in [-0.2, 0) is 4.74 Å². The van der Waals surface area contributed by atoms with Gasteiger partial charge in [0.15, 0.2) is 11.5 Å². The van der Waals surface area contributed by atoms with Crippen LogP contribution in [0.5, 0.6) is 11.5 Å². The number of fused-ring (bicyclic) bond motifs is 3. The topological polar surface area (TPSA) is 62.2 Å². The summed E-state index contributed by atoms with van der Waals surface area (Å²) in [5.41, 5.74) is 0.532. The van der Waals surface area contributed by atoms with Gasteiger partial charge in [0, 0.05) is 31.1 Å². The van der Waals surface area contributed by atoms with Gasteiger partial charge in [0.05, 0.1) is 26.4 Å². The fourth-order valence-electron chi connectivity index (χ4n) is 3.30. The predicted molar refractivity (Wildman–Crippen MR) is 81.3 cm³/mol. The van der Waals surface area contributed by atoms with Gasteiger partial charge in [-0.3, -0.25) is 4.79 Å². The Hall–Kier alpha value is -1.79. The van der Waals surface area contributed by atoms with Crippen molar-refractivity contribution in [1.82, 2.24) is 9.80 Å². The quantitative estimate of drug-likeness (QED) is 0.876. The van der Waals surface area contributed by atoms with E-state index in [1.54, 1.807) is 12.1 Å². The molecule has 0 aliphatic carbocycles. The minimum Gasteiger partial charge on any atom is -0.504 e. The van der Waals surface area contributed by atoms with Crippen molar-refractivity contribution in [3.05, 3.63) is 23.8 Å². The van der Waals surface area contributed by atoms with Gasteiger partial charge in [-0.25, -0.2) is 0 Å². The smallest absolute Gasteiger partial charge is 0.254 e. The molecule has 2 aliphatic heterocycles. The second-order valence-corrected chi connectivity index (χ2v) is 6.12. The van der Waals surface area contributed by atoms with Crippen LogP contribution < -0.4 is 4.74 Å². The van der Waals surface area contributed by atoms with E-state index in [0.717, 1.165) is 13.1 Å². The third-order valence-electron chi connectivity index (χ3n) is 4.34. The molecule has 0 saturated carbocycles. The van der Waals surface area contributed by atoms with Crippen LogP contribution in [0.15, 0.2) is 18.2 Å². The van der Waals surface area contributed by atoms with E-state index >= 15 is 0 Å². The number of hydrogen-bond acceptors (Lipinski definition) is 5. The number of methoxy groups -OCH3 is 1. The predicted octanol–water partition coefficient (Wildman–Crippen LogP) is 0.803. The maximum Gasteiger partial charge on any atom is 0.254 e. The lowest BCUT2D eigenvalue weighted by atomic mass is 10.1. The van der Waals surface area contributed by atoms with Crippen LogP contribution >= 0.6 is 0 Å². The summed E-state index contributed by atoms with van der Waals surface area (Å²) in [6, 6.07) is 4.79. The maximum atomic E-state index is 12.9. The molecule has 0 spiro atoms. The molecule has 2 fully saturated rings. The first-order chi connectivity index (χ1) is 10.6. The van der Waals surface area contributed by atoms with Crippen molar-refractivity contribution in [2.75, 3.05) is 47.0 Å². The lowest BCUT2D eigenvalue weighted by Crippen LogP contribution is -2.45. The number of likely N-dealkylation sites (N-methyl/N-ethyl adjacent to an activating group) is 1. The van der Waals surface area contributed by atoms with E-state index in [9.17, 15) is 9.90 Å². The summed E-state index contributed by atoms with van der Waals surface area (Å²) in [5, 5.41) is 9.68. The van der Waals surface area contributed by atoms with Gasteiger partial charge in [-0.2, -0.15) is 0 Å². The van der Waals surface area contributed by atoms with Gasteiger partial charge in [-0.15, -0.1) is 0 Å². The van der Waals surface area contributed by atoms with Crippen molar-refractivity contribution in [1.29, 1.82) is 0 Å². The van der Waals surface area contributed by atoms with E-state index in [-0.39, 0.29) is 17.7 Å². The third kappa shape index (κ3) is 2.89. The molecule has 2 bridgehead atoms. The molecule has 2 heterocycles. The molecule has 1 N–H and O–H groups in total. The number of carbonyl (C=O) groups excluding carboxylic acids is 1. The molecular weight excluding hydrogens is 284 g/mol. The zero-order valence-corrected chi connectivity index (χ0v) is 13.0. The summed E-state index contributed by atoms with van der Waals surface area (Å²) in [7, 11) is 3.56. The zero-order chi connectivity index (χ0) is 15.7. The molecule has 6 nitrogen and oxygen atoms in total. The Kier molecular flexibility index (Phi) is 4.22. The Balaban J connectivity index is 1.87. The van der Waals surface area contributed by atoms with Crippen LogP contribution in [0.1, 0.15) is 10.4 Å². The lowest BCUT2D eigenvalue weighted by Gasteiger charge is -2.29. The standard InChI is InChI=1S/C16H22N2O4/c1-17-6-11-7-18(13(8-17)10-22-9-11)16(20)12-3-4-14(19)15(5-12)21-2/h3-5,11,13,19H,6-10H2,1-2H3/t11-,13-/m0/s1. The van der Waals surface area contributed by atoms with Gasteiger partial charge in [-0.05, 0) is 25.2 Å². The number of benzene rings is 1. The van der Waals surface area contributed by atoms with E-state index in [2.05, 4.69) is 11.9 Å². The summed E-state index contributed by atoms with van der Waals surface area (Å²) in [6.45, 7) is 3.74. The second kappa shape index (κ2) is 6.14. The number of phenolic OH excluding ortho intramolecular Hbond substituents is 1. The number of aromatic hydroxyl groups is 1. The first kappa shape index (κ1) is 15.1. The normalized spacial score (nSPS) is 25.6. The largest absolute Gasteiger partial charge is 0.504 e. The Morgan fingerprint density at radius 3 is 2.91 bits per heavy atom. The minimum absolute atomic E-state index is 0.0332. The molecular formula is C16H22N2O4. The Morgan fingerprint density at radius 1 is 1.32 bits per heavy atom. The van der Waals surface area contributed by atoms with Gasteiger partial charge >= 0.3 is 0 Å². The summed E-state index contributed by atoms with van der Waals surface area (Å²) < 4.78 is 10.8. The molecule has 1 aromatic carbocycles. The average Bonchev–Trinajstić information content (AvgIpc) is 2.77. The molecule has 1 aromatic rings.